The van der Waals surface area contributed by atoms with Gasteiger partial charge in [0.15, 0.2) is 0 Å². The second kappa shape index (κ2) is 5.29. The van der Waals surface area contributed by atoms with Crippen molar-refractivity contribution in [2.24, 2.45) is 11.0 Å². The fourth-order valence-electron chi connectivity index (χ4n) is 1.59. The van der Waals surface area contributed by atoms with Crippen molar-refractivity contribution in [1.29, 1.82) is 0 Å². The molecule has 0 aromatic carbocycles. The Kier molecular flexibility index (Phi) is 3.49. The second-order valence-corrected chi connectivity index (χ2v) is 3.65. The molecule has 0 bridgehead atoms. The van der Waals surface area contributed by atoms with Crippen molar-refractivity contribution in [3.05, 3.63) is 36.5 Å². The molecule has 0 saturated carbocycles. The van der Waals surface area contributed by atoms with Gasteiger partial charge in [-0.2, -0.15) is 5.10 Å². The molecule has 0 spiro atoms. The van der Waals surface area contributed by atoms with Gasteiger partial charge >= 0.3 is 0 Å². The summed E-state index contributed by atoms with van der Waals surface area (Å²) >= 11 is 0. The summed E-state index contributed by atoms with van der Waals surface area (Å²) in [4.78, 5) is 4.12. The van der Waals surface area contributed by atoms with Crippen LogP contribution in [0.5, 0.6) is 0 Å². The molecule has 0 radical (unpaired) electrons. The molecule has 3 nitrogen and oxygen atoms in total. The van der Waals surface area contributed by atoms with Crippen LogP contribution in [0.3, 0.4) is 0 Å². The Morgan fingerprint density at radius 1 is 1.40 bits per heavy atom. The highest BCUT2D eigenvalue weighted by Crippen LogP contribution is 2.15. The van der Waals surface area contributed by atoms with Crippen molar-refractivity contribution in [3.63, 3.8) is 0 Å². The number of hydrogen-bond acceptors (Lipinski definition) is 3. The second-order valence-electron chi connectivity index (χ2n) is 3.65. The van der Waals surface area contributed by atoms with Crippen LogP contribution in [0.15, 0.2) is 41.6 Å². The monoisotopic (exact) mass is 201 g/mol. The Balaban J connectivity index is 1.82. The van der Waals surface area contributed by atoms with Gasteiger partial charge in [-0.3, -0.25) is 5.43 Å². The van der Waals surface area contributed by atoms with E-state index < -0.39 is 0 Å². The number of pyridine rings is 1. The molecule has 0 amide bonds. The van der Waals surface area contributed by atoms with Gasteiger partial charge in [-0.15, -0.1) is 0 Å². The van der Waals surface area contributed by atoms with Gasteiger partial charge in [-0.25, -0.2) is 4.98 Å². The van der Waals surface area contributed by atoms with Gasteiger partial charge in [0.05, 0.1) is 0 Å². The number of nitrogens with zero attached hydrogens (tertiary/aromatic N) is 2. The summed E-state index contributed by atoms with van der Waals surface area (Å²) in [6.07, 6.45) is 11.7. The molecule has 0 fully saturated rings. The average Bonchev–Trinajstić information content (AvgIpc) is 2.32. The molecule has 1 atom stereocenters. The Labute approximate surface area is 89.9 Å². The van der Waals surface area contributed by atoms with E-state index in [2.05, 4.69) is 27.7 Å². The number of hydrogen-bond donors (Lipinski definition) is 1. The molecule has 1 aromatic heterocycles. The van der Waals surface area contributed by atoms with Crippen LogP contribution in [-0.2, 0) is 0 Å². The first-order valence-electron chi connectivity index (χ1n) is 5.30. The van der Waals surface area contributed by atoms with Gasteiger partial charge in [0, 0.05) is 12.4 Å². The van der Waals surface area contributed by atoms with Crippen molar-refractivity contribution in [2.75, 3.05) is 5.43 Å². The summed E-state index contributed by atoms with van der Waals surface area (Å²) in [5.74, 6) is 1.37. The largest absolute Gasteiger partial charge is 0.262 e. The van der Waals surface area contributed by atoms with Crippen LogP contribution in [0.4, 0.5) is 5.82 Å². The first-order chi connectivity index (χ1) is 7.45. The smallest absolute Gasteiger partial charge is 0.146 e. The lowest BCUT2D eigenvalue weighted by molar-refractivity contribution is 0.627. The SMILES string of the molecule is C1=CC[C@@H](/C=N\Nc2ccccn2)CC1. The molecule has 3 heteroatoms. The van der Waals surface area contributed by atoms with Crippen molar-refractivity contribution in [2.45, 2.75) is 19.3 Å². The molecule has 1 heterocycles. The molecule has 0 aliphatic heterocycles. The summed E-state index contributed by atoms with van der Waals surface area (Å²) in [6.45, 7) is 0. The molecular weight excluding hydrogens is 186 g/mol. The van der Waals surface area contributed by atoms with E-state index in [1.807, 2.05) is 24.4 Å². The molecular formula is C12H15N3. The molecule has 15 heavy (non-hydrogen) atoms. The number of hydrazone groups is 1. The summed E-state index contributed by atoms with van der Waals surface area (Å²) in [5.41, 5.74) is 2.93. The molecule has 0 saturated heterocycles. The number of allylic oxidation sites excluding steroid dienone is 2. The fourth-order valence-corrected chi connectivity index (χ4v) is 1.59. The van der Waals surface area contributed by atoms with Gasteiger partial charge in [-0.05, 0) is 37.3 Å². The first kappa shape index (κ1) is 9.90. The number of anilines is 1. The predicted molar refractivity (Wildman–Crippen MR) is 62.8 cm³/mol. The summed E-state index contributed by atoms with van der Waals surface area (Å²) in [5, 5.41) is 4.19. The zero-order valence-corrected chi connectivity index (χ0v) is 8.63. The van der Waals surface area contributed by atoms with Crippen LogP contribution in [0.25, 0.3) is 0 Å². The maximum absolute atomic E-state index is 4.19. The average molecular weight is 201 g/mol. The summed E-state index contributed by atoms with van der Waals surface area (Å²) in [6, 6.07) is 5.73. The van der Waals surface area contributed by atoms with E-state index >= 15 is 0 Å². The van der Waals surface area contributed by atoms with E-state index in [4.69, 9.17) is 0 Å². The van der Waals surface area contributed by atoms with Gasteiger partial charge in [-0.1, -0.05) is 18.2 Å². The van der Waals surface area contributed by atoms with Gasteiger partial charge in [0.2, 0.25) is 0 Å². The Morgan fingerprint density at radius 3 is 3.13 bits per heavy atom. The Morgan fingerprint density at radius 2 is 2.40 bits per heavy atom. The fraction of sp³-hybridized carbons (Fsp3) is 0.333. The third-order valence-electron chi connectivity index (χ3n) is 2.44. The van der Waals surface area contributed by atoms with Gasteiger partial charge in [0.25, 0.3) is 0 Å². The van der Waals surface area contributed by atoms with Gasteiger partial charge < -0.3 is 0 Å². The minimum Gasteiger partial charge on any atom is -0.262 e. The van der Waals surface area contributed by atoms with E-state index in [-0.39, 0.29) is 0 Å². The van der Waals surface area contributed by atoms with Crippen LogP contribution < -0.4 is 5.43 Å². The zero-order chi connectivity index (χ0) is 10.3. The minimum atomic E-state index is 0.575. The number of aromatic nitrogens is 1. The van der Waals surface area contributed by atoms with Crippen LogP contribution >= 0.6 is 0 Å². The lowest BCUT2D eigenvalue weighted by Gasteiger charge is -2.11. The molecule has 0 unspecified atom stereocenters. The summed E-state index contributed by atoms with van der Waals surface area (Å²) in [7, 11) is 0. The minimum absolute atomic E-state index is 0.575. The van der Waals surface area contributed by atoms with Crippen LogP contribution in [0.2, 0.25) is 0 Å². The highest BCUT2D eigenvalue weighted by atomic mass is 15.3. The van der Waals surface area contributed by atoms with Crippen LogP contribution in [0, 0.1) is 5.92 Å². The predicted octanol–water partition coefficient (Wildman–Crippen LogP) is 2.84. The highest BCUT2D eigenvalue weighted by molar-refractivity contribution is 5.62. The van der Waals surface area contributed by atoms with Crippen molar-refractivity contribution in [3.8, 4) is 0 Å². The topological polar surface area (TPSA) is 37.3 Å². The molecule has 1 aliphatic carbocycles. The zero-order valence-electron chi connectivity index (χ0n) is 8.63. The van der Waals surface area contributed by atoms with Crippen LogP contribution in [0.1, 0.15) is 19.3 Å². The van der Waals surface area contributed by atoms with Crippen molar-refractivity contribution >= 4 is 12.0 Å². The van der Waals surface area contributed by atoms with E-state index in [0.29, 0.717) is 5.92 Å². The standard InChI is InChI=1S/C12H15N3/c1-2-6-11(7-3-1)10-14-15-12-8-4-5-9-13-12/h1-2,4-5,8-11H,3,6-7H2,(H,13,15)/b14-10-/t11-/m1/s1. The van der Waals surface area contributed by atoms with E-state index in [9.17, 15) is 0 Å². The van der Waals surface area contributed by atoms with E-state index in [0.717, 1.165) is 12.2 Å². The number of nitrogens with one attached hydrogen (secondary N) is 1. The van der Waals surface area contributed by atoms with E-state index in [1.54, 1.807) is 6.20 Å². The molecule has 1 aromatic rings. The molecule has 78 valence electrons. The maximum atomic E-state index is 4.19. The van der Waals surface area contributed by atoms with Crippen molar-refractivity contribution < 1.29 is 0 Å². The van der Waals surface area contributed by atoms with Crippen LogP contribution in [-0.4, -0.2) is 11.2 Å². The van der Waals surface area contributed by atoms with Crippen molar-refractivity contribution in [1.82, 2.24) is 4.98 Å². The lowest BCUT2D eigenvalue weighted by Crippen LogP contribution is -2.05. The third-order valence-corrected chi connectivity index (χ3v) is 2.44. The Hall–Kier alpha value is -1.64. The quantitative estimate of drug-likeness (QED) is 0.464. The first-order valence-corrected chi connectivity index (χ1v) is 5.30. The molecule has 1 N–H and O–H groups in total. The lowest BCUT2D eigenvalue weighted by atomic mass is 9.96. The normalized spacial score (nSPS) is 20.7. The third kappa shape index (κ3) is 3.20. The van der Waals surface area contributed by atoms with Gasteiger partial charge in [0.1, 0.15) is 5.82 Å². The molecule has 1 aliphatic rings. The highest BCUT2D eigenvalue weighted by Gasteiger charge is 2.05. The maximum Gasteiger partial charge on any atom is 0.146 e. The Bertz CT molecular complexity index is 343. The summed E-state index contributed by atoms with van der Waals surface area (Å²) < 4.78 is 0. The van der Waals surface area contributed by atoms with E-state index in [1.165, 1.54) is 12.8 Å². The number of rotatable bonds is 3. The molecule has 2 rings (SSSR count).